The highest BCUT2D eigenvalue weighted by molar-refractivity contribution is 5.34. The van der Waals surface area contributed by atoms with Crippen LogP contribution in [-0.2, 0) is 19.3 Å². The second kappa shape index (κ2) is 10.8. The first kappa shape index (κ1) is 23.2. The van der Waals surface area contributed by atoms with Gasteiger partial charge in [-0.05, 0) is 108 Å². The summed E-state index contributed by atoms with van der Waals surface area (Å²) in [6, 6.07) is 29.5. The van der Waals surface area contributed by atoms with Crippen LogP contribution in [0.1, 0.15) is 34.6 Å². The van der Waals surface area contributed by atoms with Gasteiger partial charge in [0.1, 0.15) is 23.0 Å². The molecule has 0 aromatic heterocycles. The average molecular weight is 455 g/mol. The lowest BCUT2D eigenvalue weighted by atomic mass is 9.76. The number of hydrogen-bond acceptors (Lipinski definition) is 4. The average Bonchev–Trinajstić information content (AvgIpc) is 2.83. The summed E-state index contributed by atoms with van der Waals surface area (Å²) in [5.74, 6) is 1.33. The Balaban J connectivity index is 1.68. The summed E-state index contributed by atoms with van der Waals surface area (Å²) in [6.07, 6.45) is 3.24. The number of hydrogen-bond donors (Lipinski definition) is 4. The molecule has 34 heavy (non-hydrogen) atoms. The van der Waals surface area contributed by atoms with Gasteiger partial charge in [0, 0.05) is 0 Å². The van der Waals surface area contributed by atoms with E-state index in [1.807, 2.05) is 48.5 Å². The molecule has 2 atom stereocenters. The van der Waals surface area contributed by atoms with Crippen molar-refractivity contribution in [3.8, 4) is 23.0 Å². The second-order valence-corrected chi connectivity index (χ2v) is 8.91. The largest absolute Gasteiger partial charge is 0.508 e. The van der Waals surface area contributed by atoms with E-state index < -0.39 is 0 Å². The van der Waals surface area contributed by atoms with Gasteiger partial charge in [-0.3, -0.25) is 0 Å². The molecule has 0 bridgehead atoms. The van der Waals surface area contributed by atoms with Crippen LogP contribution in [0.2, 0.25) is 0 Å². The zero-order valence-corrected chi connectivity index (χ0v) is 19.0. The number of rotatable bonds is 9. The van der Waals surface area contributed by atoms with Crippen molar-refractivity contribution in [3.05, 3.63) is 119 Å². The van der Waals surface area contributed by atoms with Crippen molar-refractivity contribution in [1.82, 2.24) is 0 Å². The Bertz CT molecular complexity index is 1200. The van der Waals surface area contributed by atoms with Crippen LogP contribution in [0.3, 0.4) is 0 Å². The summed E-state index contributed by atoms with van der Waals surface area (Å²) in [7, 11) is 0. The fraction of sp³-hybridized carbons (Fsp3) is 0.200. The lowest BCUT2D eigenvalue weighted by Gasteiger charge is -2.29. The summed E-state index contributed by atoms with van der Waals surface area (Å²) < 4.78 is 0. The number of phenols is 4. The molecule has 4 rings (SSSR count). The zero-order chi connectivity index (χ0) is 23.9. The van der Waals surface area contributed by atoms with Crippen molar-refractivity contribution >= 4 is 0 Å². The van der Waals surface area contributed by atoms with Gasteiger partial charge in [0.2, 0.25) is 0 Å². The minimum Gasteiger partial charge on any atom is -0.508 e. The van der Waals surface area contributed by atoms with E-state index in [0.29, 0.717) is 0 Å². The van der Waals surface area contributed by atoms with Crippen LogP contribution in [0.4, 0.5) is 0 Å². The third-order valence-electron chi connectivity index (χ3n) is 6.41. The SMILES string of the molecule is Oc1ccc(C[C@@H](CCc2cccc(O)c2)[C@@H](Cc2ccc(O)cc2)c2cccc(O)c2)cc1. The Morgan fingerprint density at radius 3 is 1.65 bits per heavy atom. The van der Waals surface area contributed by atoms with Crippen LogP contribution < -0.4 is 0 Å². The van der Waals surface area contributed by atoms with Gasteiger partial charge in [0.05, 0.1) is 0 Å². The molecule has 4 aromatic rings. The lowest BCUT2D eigenvalue weighted by molar-refractivity contribution is 0.386. The van der Waals surface area contributed by atoms with Crippen LogP contribution in [0.5, 0.6) is 23.0 Å². The van der Waals surface area contributed by atoms with E-state index in [2.05, 4.69) is 6.07 Å². The summed E-state index contributed by atoms with van der Waals surface area (Å²) in [5.41, 5.74) is 4.39. The molecule has 0 aliphatic heterocycles. The zero-order valence-electron chi connectivity index (χ0n) is 19.0. The van der Waals surface area contributed by atoms with Crippen LogP contribution in [-0.4, -0.2) is 20.4 Å². The number of aromatic hydroxyl groups is 4. The van der Waals surface area contributed by atoms with Crippen molar-refractivity contribution < 1.29 is 20.4 Å². The Morgan fingerprint density at radius 2 is 1.06 bits per heavy atom. The minimum absolute atomic E-state index is 0.114. The molecule has 4 heteroatoms. The third kappa shape index (κ3) is 6.32. The van der Waals surface area contributed by atoms with Crippen LogP contribution >= 0.6 is 0 Å². The molecule has 4 N–H and O–H groups in total. The van der Waals surface area contributed by atoms with E-state index in [-0.39, 0.29) is 34.8 Å². The summed E-state index contributed by atoms with van der Waals surface area (Å²) in [4.78, 5) is 0. The molecular formula is C30H30O4. The van der Waals surface area contributed by atoms with Gasteiger partial charge in [-0.1, -0.05) is 48.5 Å². The molecule has 0 unspecified atom stereocenters. The van der Waals surface area contributed by atoms with Gasteiger partial charge in [0.25, 0.3) is 0 Å². The van der Waals surface area contributed by atoms with Crippen molar-refractivity contribution in [2.45, 2.75) is 31.6 Å². The van der Waals surface area contributed by atoms with Crippen LogP contribution in [0.25, 0.3) is 0 Å². The Morgan fingerprint density at radius 1 is 0.500 bits per heavy atom. The molecule has 0 heterocycles. The molecule has 0 radical (unpaired) electrons. The number of benzene rings is 4. The molecular weight excluding hydrogens is 424 g/mol. The first-order chi connectivity index (χ1) is 16.5. The van der Waals surface area contributed by atoms with Crippen LogP contribution in [0.15, 0.2) is 97.1 Å². The fourth-order valence-electron chi connectivity index (χ4n) is 4.64. The molecule has 0 aliphatic rings. The van der Waals surface area contributed by atoms with Gasteiger partial charge in [0.15, 0.2) is 0 Å². The first-order valence-electron chi connectivity index (χ1n) is 11.6. The number of aryl methyl sites for hydroxylation is 1. The van der Waals surface area contributed by atoms with Crippen LogP contribution in [0, 0.1) is 5.92 Å². The molecule has 4 aromatic carbocycles. The molecule has 0 saturated carbocycles. The summed E-state index contributed by atoms with van der Waals surface area (Å²) in [6.45, 7) is 0. The lowest BCUT2D eigenvalue weighted by Crippen LogP contribution is -2.19. The highest BCUT2D eigenvalue weighted by Gasteiger charge is 2.25. The van der Waals surface area contributed by atoms with Gasteiger partial charge >= 0.3 is 0 Å². The standard InChI is InChI=1S/C30H30O4/c31-26-13-8-22(9-14-26)17-25(12-7-21-3-1-5-28(33)18-21)30(24-4-2-6-29(34)20-24)19-23-10-15-27(32)16-11-23/h1-6,8-11,13-16,18,20,25,30-34H,7,12,17,19H2/t25-,30+/m1/s1. The van der Waals surface area contributed by atoms with E-state index in [1.165, 1.54) is 0 Å². The third-order valence-corrected chi connectivity index (χ3v) is 6.41. The predicted molar refractivity (Wildman–Crippen MR) is 134 cm³/mol. The van der Waals surface area contributed by atoms with Crippen molar-refractivity contribution in [3.63, 3.8) is 0 Å². The van der Waals surface area contributed by atoms with Gasteiger partial charge in [-0.2, -0.15) is 0 Å². The van der Waals surface area contributed by atoms with E-state index in [0.717, 1.165) is 47.9 Å². The fourth-order valence-corrected chi connectivity index (χ4v) is 4.64. The van der Waals surface area contributed by atoms with Gasteiger partial charge in [-0.25, -0.2) is 0 Å². The Kier molecular flexibility index (Phi) is 7.38. The predicted octanol–water partition coefficient (Wildman–Crippen LogP) is 6.33. The quantitative estimate of drug-likeness (QED) is 0.238. The minimum atomic E-state index is 0.114. The molecule has 0 fully saturated rings. The topological polar surface area (TPSA) is 80.9 Å². The molecule has 174 valence electrons. The van der Waals surface area contributed by atoms with Gasteiger partial charge in [-0.15, -0.1) is 0 Å². The highest BCUT2D eigenvalue weighted by Crippen LogP contribution is 2.36. The van der Waals surface area contributed by atoms with E-state index in [1.54, 1.807) is 42.5 Å². The maximum Gasteiger partial charge on any atom is 0.115 e. The van der Waals surface area contributed by atoms with Crippen molar-refractivity contribution in [2.24, 2.45) is 5.92 Å². The van der Waals surface area contributed by atoms with E-state index >= 15 is 0 Å². The maximum absolute atomic E-state index is 10.2. The Labute approximate surface area is 200 Å². The summed E-state index contributed by atoms with van der Waals surface area (Å²) in [5, 5.41) is 39.6. The van der Waals surface area contributed by atoms with E-state index in [9.17, 15) is 20.4 Å². The Hall–Kier alpha value is -3.92. The smallest absolute Gasteiger partial charge is 0.115 e. The monoisotopic (exact) mass is 454 g/mol. The normalized spacial score (nSPS) is 12.8. The summed E-state index contributed by atoms with van der Waals surface area (Å²) >= 11 is 0. The van der Waals surface area contributed by atoms with Crippen molar-refractivity contribution in [1.29, 1.82) is 0 Å². The molecule has 0 spiro atoms. The molecule has 0 aliphatic carbocycles. The van der Waals surface area contributed by atoms with Gasteiger partial charge < -0.3 is 20.4 Å². The van der Waals surface area contributed by atoms with Crippen molar-refractivity contribution in [2.75, 3.05) is 0 Å². The number of phenolic OH excluding ortho intramolecular Hbond substituents is 4. The van der Waals surface area contributed by atoms with E-state index in [4.69, 9.17) is 0 Å². The highest BCUT2D eigenvalue weighted by atomic mass is 16.3. The molecule has 4 nitrogen and oxygen atoms in total. The maximum atomic E-state index is 10.2. The molecule has 0 amide bonds. The second-order valence-electron chi connectivity index (χ2n) is 8.91. The molecule has 0 saturated heterocycles. The first-order valence-corrected chi connectivity index (χ1v) is 11.6.